The number of ether oxygens (including phenoxy) is 3. The number of carbonyl (C=O) groups excluding carboxylic acids is 9. The van der Waals surface area contributed by atoms with Crippen LogP contribution in [0.15, 0.2) is 48.5 Å². The van der Waals surface area contributed by atoms with Gasteiger partial charge in [-0.2, -0.15) is 10.5 Å². The molecule has 0 unspecified atom stereocenters. The molecule has 6 atom stereocenters. The predicted molar refractivity (Wildman–Crippen MR) is 333 cm³/mol. The molecule has 5 N–H and O–H groups in total. The zero-order valence-corrected chi connectivity index (χ0v) is 53.0. The third kappa shape index (κ3) is 18.9. The van der Waals surface area contributed by atoms with Crippen molar-refractivity contribution in [2.45, 2.75) is 181 Å². The van der Waals surface area contributed by atoms with Crippen LogP contribution in [-0.2, 0) is 43.1 Å². The van der Waals surface area contributed by atoms with Crippen molar-refractivity contribution in [3.63, 3.8) is 0 Å². The highest BCUT2D eigenvalue weighted by atomic mass is 35.5. The number of benzene rings is 2. The maximum absolute atomic E-state index is 13.7. The molecule has 0 saturated heterocycles. The van der Waals surface area contributed by atoms with Crippen LogP contribution in [-0.4, -0.2) is 112 Å². The first kappa shape index (κ1) is 70.4. The molecule has 21 heteroatoms. The number of H-pyrrole nitrogens is 2. The van der Waals surface area contributed by atoms with Gasteiger partial charge in [-0.1, -0.05) is 78.4 Å². The largest absolute Gasteiger partial charge is 0.496 e. The number of aliphatic carboxylic acids is 1. The highest BCUT2D eigenvalue weighted by Gasteiger charge is 2.44. The number of carbonyl (C=O) groups is 10. The van der Waals surface area contributed by atoms with Gasteiger partial charge < -0.3 is 39.9 Å². The number of Topliss-reactive ketones (excluding diaryl/α,β-unsaturated/α-hetero) is 6. The molecule has 2 amide bonds. The fourth-order valence-electron chi connectivity index (χ4n) is 12.7. The lowest BCUT2D eigenvalue weighted by atomic mass is 9.82. The quantitative estimate of drug-likeness (QED) is 0.0210. The number of halogens is 1. The average molecular weight is 1250 g/mol. The van der Waals surface area contributed by atoms with Crippen LogP contribution < -0.4 is 20.1 Å². The normalized spacial score (nSPS) is 19.0. The third-order valence-electron chi connectivity index (χ3n) is 17.8. The number of nitrogens with one attached hydrogen (secondary N) is 4. The molecule has 4 fully saturated rings. The first-order valence-electron chi connectivity index (χ1n) is 31.4. The van der Waals surface area contributed by atoms with Crippen LogP contribution in [0.1, 0.15) is 190 Å². The summed E-state index contributed by atoms with van der Waals surface area (Å²) >= 11 is 5.82. The van der Waals surface area contributed by atoms with Gasteiger partial charge >= 0.3 is 11.9 Å². The summed E-state index contributed by atoms with van der Waals surface area (Å²) in [5, 5.41) is 34.0. The van der Waals surface area contributed by atoms with Crippen LogP contribution in [0.3, 0.4) is 0 Å². The molecule has 4 aliphatic carbocycles. The van der Waals surface area contributed by atoms with Gasteiger partial charge in [-0.05, 0) is 125 Å². The SMILES string of the molecule is COc1cccc2[nH]c(C(=O)C[C@@H](CC(C)C)C(=O)N[C@@H](C[C@@H]3CCCCC3=O)C(=O)CCl)cc12.COc1cccc2[nH]c(C(=O)C[C@@H](CC(C)C)C(=O)N[C@@H](C[C@@H]3CCCCC3=O)C(=O)COC(=O)C3(C#N)CCCC3)cc12.N#CC1(C(=O)O)CCCC1. The Morgan fingerprint density at radius 1 is 0.629 bits per heavy atom. The summed E-state index contributed by atoms with van der Waals surface area (Å²) in [6.45, 7) is 7.28. The predicted octanol–water partition coefficient (Wildman–Crippen LogP) is 11.3. The summed E-state index contributed by atoms with van der Waals surface area (Å²) in [4.78, 5) is 134. The molecule has 2 aromatic carbocycles. The van der Waals surface area contributed by atoms with Crippen molar-refractivity contribution in [1.82, 2.24) is 20.6 Å². The van der Waals surface area contributed by atoms with E-state index in [4.69, 9.17) is 36.2 Å². The Morgan fingerprint density at radius 2 is 1.04 bits per heavy atom. The van der Waals surface area contributed by atoms with Gasteiger partial charge in [-0.25, -0.2) is 0 Å². The van der Waals surface area contributed by atoms with E-state index in [2.05, 4.69) is 26.7 Å². The number of hydrogen-bond donors (Lipinski definition) is 5. The number of nitrogens with zero attached hydrogens (tertiary/aromatic N) is 2. The molecule has 89 heavy (non-hydrogen) atoms. The number of esters is 1. The van der Waals surface area contributed by atoms with E-state index in [1.165, 1.54) is 0 Å². The Balaban J connectivity index is 0.000000249. The molecule has 4 saturated carbocycles. The Bertz CT molecular complexity index is 3280. The van der Waals surface area contributed by atoms with Gasteiger partial charge in [0.1, 0.15) is 23.1 Å². The number of fused-ring (bicyclic) bond motifs is 2. The van der Waals surface area contributed by atoms with E-state index in [1.807, 2.05) is 64.1 Å². The van der Waals surface area contributed by atoms with Crippen LogP contribution in [0.25, 0.3) is 21.8 Å². The number of nitriles is 2. The molecule has 0 spiro atoms. The van der Waals surface area contributed by atoms with Crippen LogP contribution >= 0.6 is 11.6 Å². The van der Waals surface area contributed by atoms with Crippen LogP contribution in [0.4, 0.5) is 0 Å². The summed E-state index contributed by atoms with van der Waals surface area (Å²) < 4.78 is 16.1. The van der Waals surface area contributed by atoms with Crippen molar-refractivity contribution in [2.75, 3.05) is 26.7 Å². The number of methoxy groups -OCH3 is 2. The molecule has 8 rings (SSSR count). The molecule has 480 valence electrons. The number of rotatable bonds is 27. The zero-order valence-electron chi connectivity index (χ0n) is 52.2. The minimum atomic E-state index is -1.24. The van der Waals surface area contributed by atoms with E-state index in [9.17, 15) is 53.2 Å². The monoisotopic (exact) mass is 1250 g/mol. The van der Waals surface area contributed by atoms with E-state index in [0.717, 1.165) is 79.6 Å². The van der Waals surface area contributed by atoms with Crippen LogP contribution in [0, 0.1) is 69.0 Å². The standard InChI is InChI=1S/C34H43N3O7.C27H35ClN2O5.C7H9NO2/c1-21(2)15-23(17-29(39)27-18-24-25(36-27)10-8-12-31(24)43-3)32(41)37-26(16-22-9-4-5-11-28(22)38)30(40)19-44-33(42)34(20-35)13-6-7-14-34;1-16(2)11-18(13-24(32)22-14-19-20(29-22)8-6-10-26(19)35-3)27(34)30-21(25(33)15-28)12-17-7-4-5-9-23(17)31;8-5-7(6(9)10)3-1-2-4-7/h8,10,12,18,21-23,26,36H,4-7,9,11,13-17,19H2,1-3H3,(H,37,41);6,8,10,14,16-18,21,29H,4-5,7,9,11-13,15H2,1-3H3,(H,30,34);1-4H2,(H,9,10)/t22-,23+,26-;17-,18+,21-;/m00./s1. The fourth-order valence-corrected chi connectivity index (χ4v) is 12.9. The molecular formula is C68H87ClN6O14. The van der Waals surface area contributed by atoms with Crippen LogP contribution in [0.5, 0.6) is 11.5 Å². The topological polar surface area (TPSA) is 322 Å². The van der Waals surface area contributed by atoms with E-state index in [1.54, 1.807) is 32.4 Å². The first-order chi connectivity index (χ1) is 42.5. The van der Waals surface area contributed by atoms with E-state index < -0.39 is 65.0 Å². The number of amides is 2. The smallest absolute Gasteiger partial charge is 0.326 e. The lowest BCUT2D eigenvalue weighted by Gasteiger charge is -2.27. The number of ketones is 6. The fraction of sp³-hybridized carbons (Fsp3) is 0.588. The van der Waals surface area contributed by atoms with Gasteiger partial charge in [0.05, 0.1) is 55.7 Å². The summed E-state index contributed by atoms with van der Waals surface area (Å²) in [5.41, 5.74) is 0.00503. The molecule has 2 heterocycles. The Hall–Kier alpha value is -7.71. The van der Waals surface area contributed by atoms with Gasteiger partial charge in [0.2, 0.25) is 11.8 Å². The van der Waals surface area contributed by atoms with Gasteiger partial charge in [0, 0.05) is 71.2 Å². The minimum Gasteiger partial charge on any atom is -0.496 e. The van der Waals surface area contributed by atoms with Gasteiger partial charge in [0.15, 0.2) is 40.6 Å². The molecule has 0 radical (unpaired) electrons. The summed E-state index contributed by atoms with van der Waals surface area (Å²) in [5.74, 6) is -4.23. The zero-order chi connectivity index (χ0) is 65.0. The molecule has 0 bridgehead atoms. The maximum atomic E-state index is 13.7. The van der Waals surface area contributed by atoms with Gasteiger partial charge in [-0.3, -0.25) is 47.9 Å². The average Bonchev–Trinajstić information content (AvgIpc) is 3.85. The second kappa shape index (κ2) is 33.2. The summed E-state index contributed by atoms with van der Waals surface area (Å²) in [6, 6.07) is 16.5. The maximum Gasteiger partial charge on any atom is 0.326 e. The highest BCUT2D eigenvalue weighted by molar-refractivity contribution is 6.28. The van der Waals surface area contributed by atoms with Crippen molar-refractivity contribution >= 4 is 91.9 Å². The molecular weight excluding hydrogens is 1160 g/mol. The Morgan fingerprint density at radius 3 is 1.40 bits per heavy atom. The summed E-state index contributed by atoms with van der Waals surface area (Å²) in [7, 11) is 3.13. The first-order valence-corrected chi connectivity index (χ1v) is 31.9. The number of aromatic nitrogens is 2. The number of hydrogen-bond acceptors (Lipinski definition) is 15. The lowest BCUT2D eigenvalue weighted by Crippen LogP contribution is -2.47. The van der Waals surface area contributed by atoms with E-state index in [0.29, 0.717) is 80.7 Å². The molecule has 20 nitrogen and oxygen atoms in total. The lowest BCUT2D eigenvalue weighted by molar-refractivity contribution is -0.156. The molecule has 2 aromatic heterocycles. The van der Waals surface area contributed by atoms with E-state index >= 15 is 0 Å². The third-order valence-corrected chi connectivity index (χ3v) is 18.1. The van der Waals surface area contributed by atoms with Crippen molar-refractivity contribution in [3.05, 3.63) is 59.9 Å². The van der Waals surface area contributed by atoms with Crippen molar-refractivity contribution < 1.29 is 67.3 Å². The van der Waals surface area contributed by atoms with Crippen molar-refractivity contribution in [3.8, 4) is 23.6 Å². The number of carboxylic acids is 1. The summed E-state index contributed by atoms with van der Waals surface area (Å²) in [6.07, 6.45) is 12.0. The second-order valence-electron chi connectivity index (χ2n) is 25.3. The van der Waals surface area contributed by atoms with Crippen LogP contribution in [0.2, 0.25) is 0 Å². The molecule has 4 aliphatic rings. The second-order valence-corrected chi connectivity index (χ2v) is 25.5. The number of aromatic amines is 2. The van der Waals surface area contributed by atoms with Crippen molar-refractivity contribution in [2.24, 2.45) is 46.3 Å². The Labute approximate surface area is 525 Å². The van der Waals surface area contributed by atoms with Crippen molar-refractivity contribution in [1.29, 1.82) is 10.5 Å². The molecule has 4 aromatic rings. The number of carboxylic acid groups (broad SMARTS) is 1. The van der Waals surface area contributed by atoms with Gasteiger partial charge in [-0.15, -0.1) is 11.6 Å². The van der Waals surface area contributed by atoms with E-state index in [-0.39, 0.29) is 90.1 Å². The highest BCUT2D eigenvalue weighted by Crippen LogP contribution is 2.40. The van der Waals surface area contributed by atoms with Gasteiger partial charge in [0.25, 0.3) is 0 Å². The number of alkyl halides is 1. The Kier molecular flexibility index (Phi) is 26.3. The minimum absolute atomic E-state index is 0.00327. The molecule has 0 aliphatic heterocycles.